The lowest BCUT2D eigenvalue weighted by atomic mass is 9.99. The van der Waals surface area contributed by atoms with Crippen LogP contribution in [-0.4, -0.2) is 27.8 Å². The Kier molecular flexibility index (Phi) is 3.59. The van der Waals surface area contributed by atoms with Crippen molar-refractivity contribution in [3.63, 3.8) is 0 Å². The van der Waals surface area contributed by atoms with Crippen LogP contribution in [0.5, 0.6) is 0 Å². The lowest BCUT2D eigenvalue weighted by molar-refractivity contribution is 0.0603. The van der Waals surface area contributed by atoms with Crippen molar-refractivity contribution in [2.24, 2.45) is 0 Å². The summed E-state index contributed by atoms with van der Waals surface area (Å²) in [5, 5.41) is 0. The van der Waals surface area contributed by atoms with Gasteiger partial charge in [-0.3, -0.25) is 4.79 Å². The molecule has 1 fully saturated rings. The third kappa shape index (κ3) is 2.26. The smallest absolute Gasteiger partial charge is 0.273 e. The molecule has 16 heavy (non-hydrogen) atoms. The zero-order valence-corrected chi connectivity index (χ0v) is 10.7. The Morgan fingerprint density at radius 1 is 1.62 bits per heavy atom. The molecule has 0 N–H and O–H groups in total. The van der Waals surface area contributed by atoms with Gasteiger partial charge in [-0.05, 0) is 50.2 Å². The zero-order valence-electron chi connectivity index (χ0n) is 9.90. The molecule has 1 unspecified atom stereocenters. The van der Waals surface area contributed by atoms with Crippen LogP contribution < -0.4 is 0 Å². The highest BCUT2D eigenvalue weighted by molar-refractivity contribution is 7.05. The van der Waals surface area contributed by atoms with Gasteiger partial charge in [0.2, 0.25) is 0 Å². The predicted molar refractivity (Wildman–Crippen MR) is 65.8 cm³/mol. The van der Waals surface area contributed by atoms with Crippen molar-refractivity contribution in [3.05, 3.63) is 16.6 Å². The van der Waals surface area contributed by atoms with Gasteiger partial charge < -0.3 is 4.90 Å². The van der Waals surface area contributed by atoms with Crippen molar-refractivity contribution in [1.82, 2.24) is 9.27 Å². The van der Waals surface area contributed by atoms with Crippen LogP contribution in [0.15, 0.2) is 6.07 Å². The van der Waals surface area contributed by atoms with Crippen molar-refractivity contribution in [3.8, 4) is 0 Å². The first-order valence-corrected chi connectivity index (χ1v) is 6.74. The fourth-order valence-electron chi connectivity index (χ4n) is 2.31. The second-order valence-electron chi connectivity index (χ2n) is 4.38. The van der Waals surface area contributed by atoms with Gasteiger partial charge in [-0.2, -0.15) is 4.37 Å². The zero-order chi connectivity index (χ0) is 11.5. The molecule has 0 radical (unpaired) electrons. The van der Waals surface area contributed by atoms with E-state index in [0.717, 1.165) is 30.7 Å². The molecule has 3 nitrogen and oxygen atoms in total. The molecule has 2 rings (SSSR count). The summed E-state index contributed by atoms with van der Waals surface area (Å²) in [6, 6.07) is 2.32. The first-order chi connectivity index (χ1) is 7.72. The third-order valence-corrected chi connectivity index (χ3v) is 3.90. The largest absolute Gasteiger partial charge is 0.334 e. The van der Waals surface area contributed by atoms with Gasteiger partial charge in [0.05, 0.1) is 0 Å². The fraction of sp³-hybridized carbons (Fsp3) is 0.667. The number of piperidine rings is 1. The molecule has 1 saturated heterocycles. The fourth-order valence-corrected chi connectivity index (χ4v) is 2.84. The molecule has 0 aliphatic carbocycles. The maximum absolute atomic E-state index is 12.3. The van der Waals surface area contributed by atoms with Crippen LogP contribution in [-0.2, 0) is 0 Å². The second kappa shape index (κ2) is 4.95. The molecule has 0 saturated carbocycles. The van der Waals surface area contributed by atoms with E-state index in [-0.39, 0.29) is 5.91 Å². The lowest BCUT2D eigenvalue weighted by Gasteiger charge is -2.34. The molecule has 4 heteroatoms. The van der Waals surface area contributed by atoms with Crippen LogP contribution in [0.1, 0.15) is 48.0 Å². The minimum absolute atomic E-state index is 0.121. The van der Waals surface area contributed by atoms with Gasteiger partial charge in [0.15, 0.2) is 0 Å². The SMILES string of the molecule is CCC1CCCCN1C(=O)c1cc(C)sn1. The van der Waals surface area contributed by atoms with E-state index in [4.69, 9.17) is 0 Å². The van der Waals surface area contributed by atoms with Gasteiger partial charge in [-0.15, -0.1) is 0 Å². The van der Waals surface area contributed by atoms with E-state index < -0.39 is 0 Å². The molecule has 0 bridgehead atoms. The Hall–Kier alpha value is -0.900. The molecule has 88 valence electrons. The lowest BCUT2D eigenvalue weighted by Crippen LogP contribution is -2.43. The molecule has 0 aromatic carbocycles. The summed E-state index contributed by atoms with van der Waals surface area (Å²) >= 11 is 1.41. The normalized spacial score (nSPS) is 21.1. The Labute approximate surface area is 101 Å². The summed E-state index contributed by atoms with van der Waals surface area (Å²) in [6.45, 7) is 5.04. The summed E-state index contributed by atoms with van der Waals surface area (Å²) in [5.74, 6) is 0.121. The number of aromatic nitrogens is 1. The first kappa shape index (κ1) is 11.6. The summed E-state index contributed by atoms with van der Waals surface area (Å²) in [6.07, 6.45) is 4.57. The number of hydrogen-bond donors (Lipinski definition) is 0. The second-order valence-corrected chi connectivity index (χ2v) is 5.39. The molecular weight excluding hydrogens is 220 g/mol. The number of nitrogens with zero attached hydrogens (tertiary/aromatic N) is 2. The van der Waals surface area contributed by atoms with E-state index in [0.29, 0.717) is 11.7 Å². The van der Waals surface area contributed by atoms with Crippen LogP contribution in [0, 0.1) is 6.92 Å². The Bertz CT molecular complexity index is 375. The summed E-state index contributed by atoms with van der Waals surface area (Å²) in [4.78, 5) is 15.4. The monoisotopic (exact) mass is 238 g/mol. The molecule has 1 atom stereocenters. The highest BCUT2D eigenvalue weighted by Gasteiger charge is 2.27. The van der Waals surface area contributed by atoms with Crippen molar-refractivity contribution in [2.45, 2.75) is 45.6 Å². The molecule has 0 spiro atoms. The van der Waals surface area contributed by atoms with Crippen LogP contribution >= 0.6 is 11.5 Å². The van der Waals surface area contributed by atoms with Crippen molar-refractivity contribution >= 4 is 17.4 Å². The van der Waals surface area contributed by atoms with E-state index >= 15 is 0 Å². The van der Waals surface area contributed by atoms with Crippen LogP contribution in [0.25, 0.3) is 0 Å². The van der Waals surface area contributed by atoms with Gasteiger partial charge >= 0.3 is 0 Å². The van der Waals surface area contributed by atoms with E-state index in [1.165, 1.54) is 18.0 Å². The van der Waals surface area contributed by atoms with Gasteiger partial charge in [0, 0.05) is 17.5 Å². The quantitative estimate of drug-likeness (QED) is 0.793. The predicted octanol–water partition coefficient (Wildman–Crippen LogP) is 2.86. The number of aryl methyl sites for hydroxylation is 1. The number of likely N-dealkylation sites (tertiary alicyclic amines) is 1. The van der Waals surface area contributed by atoms with Crippen LogP contribution in [0.4, 0.5) is 0 Å². The Morgan fingerprint density at radius 2 is 2.44 bits per heavy atom. The van der Waals surface area contributed by atoms with Crippen molar-refractivity contribution in [1.29, 1.82) is 0 Å². The number of amides is 1. The molecule has 1 aromatic rings. The Balaban J connectivity index is 2.13. The average Bonchev–Trinajstić information content (AvgIpc) is 2.75. The maximum Gasteiger partial charge on any atom is 0.273 e. The topological polar surface area (TPSA) is 33.2 Å². The number of carbonyl (C=O) groups is 1. The highest BCUT2D eigenvalue weighted by atomic mass is 32.1. The number of hydrogen-bond acceptors (Lipinski definition) is 3. The van der Waals surface area contributed by atoms with Gasteiger partial charge in [0.25, 0.3) is 5.91 Å². The number of carbonyl (C=O) groups excluding carboxylic acids is 1. The number of rotatable bonds is 2. The minimum Gasteiger partial charge on any atom is -0.334 e. The van der Waals surface area contributed by atoms with Crippen LogP contribution in [0.3, 0.4) is 0 Å². The maximum atomic E-state index is 12.3. The van der Waals surface area contributed by atoms with E-state index in [1.807, 2.05) is 17.9 Å². The van der Waals surface area contributed by atoms with Gasteiger partial charge in [0.1, 0.15) is 5.69 Å². The van der Waals surface area contributed by atoms with Gasteiger partial charge in [-0.25, -0.2) is 0 Å². The van der Waals surface area contributed by atoms with E-state index in [9.17, 15) is 4.79 Å². The summed E-state index contributed by atoms with van der Waals surface area (Å²) < 4.78 is 4.21. The molecule has 2 heterocycles. The molecule has 1 aliphatic rings. The Morgan fingerprint density at radius 3 is 3.06 bits per heavy atom. The average molecular weight is 238 g/mol. The summed E-state index contributed by atoms with van der Waals surface area (Å²) in [5.41, 5.74) is 0.628. The summed E-state index contributed by atoms with van der Waals surface area (Å²) in [7, 11) is 0. The van der Waals surface area contributed by atoms with Gasteiger partial charge in [-0.1, -0.05) is 6.92 Å². The van der Waals surface area contributed by atoms with Crippen molar-refractivity contribution < 1.29 is 4.79 Å². The molecule has 1 amide bonds. The standard InChI is InChI=1S/C12H18N2OS/c1-3-10-6-4-5-7-14(10)12(15)11-8-9(2)16-13-11/h8,10H,3-7H2,1-2H3. The van der Waals surface area contributed by atoms with Crippen LogP contribution in [0.2, 0.25) is 0 Å². The van der Waals surface area contributed by atoms with E-state index in [2.05, 4.69) is 11.3 Å². The minimum atomic E-state index is 0.121. The highest BCUT2D eigenvalue weighted by Crippen LogP contribution is 2.22. The van der Waals surface area contributed by atoms with Crippen molar-refractivity contribution in [2.75, 3.05) is 6.54 Å². The van der Waals surface area contributed by atoms with E-state index in [1.54, 1.807) is 0 Å². The third-order valence-electron chi connectivity index (χ3n) is 3.21. The molecule has 1 aliphatic heterocycles. The molecular formula is C12H18N2OS. The molecule has 1 aromatic heterocycles. The first-order valence-electron chi connectivity index (χ1n) is 5.96.